The van der Waals surface area contributed by atoms with Gasteiger partial charge in [0.05, 0.1) is 11.7 Å². The third-order valence-electron chi connectivity index (χ3n) is 3.75. The number of H-pyrrole nitrogens is 1. The highest BCUT2D eigenvalue weighted by Crippen LogP contribution is 2.19. The molecule has 0 unspecified atom stereocenters. The van der Waals surface area contributed by atoms with Gasteiger partial charge in [0, 0.05) is 17.6 Å². The summed E-state index contributed by atoms with van der Waals surface area (Å²) >= 11 is 0. The number of aromatic amines is 1. The molecule has 0 aliphatic rings. The molecule has 0 bridgehead atoms. The molecule has 22 heavy (non-hydrogen) atoms. The first-order chi connectivity index (χ1) is 10.4. The standard InChI is InChI=1S/C18H15N3.ClH/c1-2-4-15-9-13(5-6-14(15)3-1)11-19-17-7-8-18-16(10-17)12-20-21-18;/h1-10,12,19H,11H2,(H,20,21);1H. The van der Waals surface area contributed by atoms with Gasteiger partial charge in [-0.25, -0.2) is 0 Å². The second kappa shape index (κ2) is 6.08. The smallest absolute Gasteiger partial charge is 0.0651 e. The minimum absolute atomic E-state index is 0. The fourth-order valence-electron chi connectivity index (χ4n) is 2.61. The Morgan fingerprint density at radius 1 is 0.864 bits per heavy atom. The molecule has 110 valence electrons. The van der Waals surface area contributed by atoms with Crippen molar-refractivity contribution in [3.05, 3.63) is 72.4 Å². The fourth-order valence-corrected chi connectivity index (χ4v) is 2.61. The Bertz CT molecular complexity index is 914. The van der Waals surface area contributed by atoms with Crippen molar-refractivity contribution >= 4 is 39.8 Å². The van der Waals surface area contributed by atoms with Crippen LogP contribution in [0.5, 0.6) is 0 Å². The average molecular weight is 310 g/mol. The number of anilines is 1. The Kier molecular flexibility index (Phi) is 3.98. The van der Waals surface area contributed by atoms with Crippen LogP contribution in [-0.4, -0.2) is 10.2 Å². The predicted molar refractivity (Wildman–Crippen MR) is 94.6 cm³/mol. The van der Waals surface area contributed by atoms with Gasteiger partial charge in [0.2, 0.25) is 0 Å². The van der Waals surface area contributed by atoms with Crippen molar-refractivity contribution in [2.24, 2.45) is 0 Å². The van der Waals surface area contributed by atoms with Crippen molar-refractivity contribution in [3.8, 4) is 0 Å². The van der Waals surface area contributed by atoms with Gasteiger partial charge >= 0.3 is 0 Å². The molecule has 0 saturated heterocycles. The zero-order valence-corrected chi connectivity index (χ0v) is 12.7. The molecule has 4 rings (SSSR count). The van der Waals surface area contributed by atoms with Crippen molar-refractivity contribution in [2.45, 2.75) is 6.54 Å². The van der Waals surface area contributed by atoms with Crippen molar-refractivity contribution in [3.63, 3.8) is 0 Å². The van der Waals surface area contributed by atoms with Gasteiger partial charge in [0.1, 0.15) is 0 Å². The third-order valence-corrected chi connectivity index (χ3v) is 3.75. The molecule has 3 nitrogen and oxygen atoms in total. The quantitative estimate of drug-likeness (QED) is 0.573. The summed E-state index contributed by atoms with van der Waals surface area (Å²) < 4.78 is 0. The van der Waals surface area contributed by atoms with E-state index < -0.39 is 0 Å². The molecule has 0 saturated carbocycles. The maximum absolute atomic E-state index is 4.04. The number of rotatable bonds is 3. The maximum Gasteiger partial charge on any atom is 0.0651 e. The van der Waals surface area contributed by atoms with Gasteiger partial charge in [0.15, 0.2) is 0 Å². The summed E-state index contributed by atoms with van der Waals surface area (Å²) in [4.78, 5) is 0. The number of benzene rings is 3. The molecule has 0 atom stereocenters. The van der Waals surface area contributed by atoms with Gasteiger partial charge in [-0.1, -0.05) is 36.4 Å². The Morgan fingerprint density at radius 2 is 1.73 bits per heavy atom. The SMILES string of the molecule is Cl.c1ccc2cc(CNc3ccc4[nH]ncc4c3)ccc2c1. The van der Waals surface area contributed by atoms with Gasteiger partial charge in [-0.2, -0.15) is 5.10 Å². The van der Waals surface area contributed by atoms with E-state index in [1.54, 1.807) is 0 Å². The normalized spacial score (nSPS) is 10.5. The number of fused-ring (bicyclic) bond motifs is 2. The van der Waals surface area contributed by atoms with Crippen LogP contribution in [0.15, 0.2) is 66.9 Å². The first-order valence-corrected chi connectivity index (χ1v) is 7.03. The minimum Gasteiger partial charge on any atom is -0.381 e. The molecule has 0 radical (unpaired) electrons. The monoisotopic (exact) mass is 309 g/mol. The van der Waals surface area contributed by atoms with E-state index in [2.05, 4.69) is 70.1 Å². The van der Waals surface area contributed by atoms with Crippen LogP contribution in [0.2, 0.25) is 0 Å². The van der Waals surface area contributed by atoms with Crippen molar-refractivity contribution in [1.29, 1.82) is 0 Å². The van der Waals surface area contributed by atoms with Crippen LogP contribution in [0.1, 0.15) is 5.56 Å². The van der Waals surface area contributed by atoms with Gasteiger partial charge in [-0.3, -0.25) is 5.10 Å². The molecule has 0 fully saturated rings. The highest BCUT2D eigenvalue weighted by molar-refractivity contribution is 5.85. The zero-order valence-electron chi connectivity index (χ0n) is 11.9. The molecule has 1 aromatic heterocycles. The Balaban J connectivity index is 0.00000144. The van der Waals surface area contributed by atoms with Crippen LogP contribution in [0.25, 0.3) is 21.7 Å². The first-order valence-electron chi connectivity index (χ1n) is 7.03. The van der Waals surface area contributed by atoms with Crippen molar-refractivity contribution in [1.82, 2.24) is 10.2 Å². The number of halogens is 1. The molecule has 3 aromatic carbocycles. The van der Waals surface area contributed by atoms with Crippen LogP contribution in [-0.2, 0) is 6.54 Å². The predicted octanol–water partition coefficient (Wildman–Crippen LogP) is 4.75. The fraction of sp³-hybridized carbons (Fsp3) is 0.0556. The highest BCUT2D eigenvalue weighted by atomic mass is 35.5. The number of nitrogens with one attached hydrogen (secondary N) is 2. The van der Waals surface area contributed by atoms with Gasteiger partial charge in [0.25, 0.3) is 0 Å². The number of nitrogens with zero attached hydrogens (tertiary/aromatic N) is 1. The molecule has 2 N–H and O–H groups in total. The van der Waals surface area contributed by atoms with Gasteiger partial charge in [-0.05, 0) is 40.6 Å². The maximum atomic E-state index is 4.04. The lowest BCUT2D eigenvalue weighted by Crippen LogP contribution is -1.98. The molecule has 0 aliphatic carbocycles. The Morgan fingerprint density at radius 3 is 2.64 bits per heavy atom. The lowest BCUT2D eigenvalue weighted by atomic mass is 10.1. The second-order valence-electron chi connectivity index (χ2n) is 5.21. The summed E-state index contributed by atoms with van der Waals surface area (Å²) in [6.07, 6.45) is 1.84. The molecule has 4 heteroatoms. The van der Waals surface area contributed by atoms with Crippen LogP contribution in [0, 0.1) is 0 Å². The van der Waals surface area contributed by atoms with Crippen LogP contribution < -0.4 is 5.32 Å². The van der Waals surface area contributed by atoms with E-state index in [9.17, 15) is 0 Å². The van der Waals surface area contributed by atoms with Crippen LogP contribution in [0.3, 0.4) is 0 Å². The second-order valence-corrected chi connectivity index (χ2v) is 5.21. The van der Waals surface area contributed by atoms with E-state index in [0.29, 0.717) is 0 Å². The van der Waals surface area contributed by atoms with E-state index in [1.165, 1.54) is 16.3 Å². The minimum atomic E-state index is 0. The van der Waals surface area contributed by atoms with E-state index >= 15 is 0 Å². The largest absolute Gasteiger partial charge is 0.381 e. The molecular weight excluding hydrogens is 294 g/mol. The Labute approximate surface area is 134 Å². The van der Waals surface area contributed by atoms with Gasteiger partial charge < -0.3 is 5.32 Å². The summed E-state index contributed by atoms with van der Waals surface area (Å²) in [5, 5.41) is 14.2. The zero-order chi connectivity index (χ0) is 14.1. The molecule has 0 spiro atoms. The number of hydrogen-bond donors (Lipinski definition) is 2. The molecule has 0 amide bonds. The Hall–Kier alpha value is -2.52. The highest BCUT2D eigenvalue weighted by Gasteiger charge is 1.99. The molecule has 0 aliphatic heterocycles. The summed E-state index contributed by atoms with van der Waals surface area (Å²) in [6, 6.07) is 21.2. The lowest BCUT2D eigenvalue weighted by molar-refractivity contribution is 1.12. The summed E-state index contributed by atoms with van der Waals surface area (Å²) in [5.41, 5.74) is 3.45. The van der Waals surface area contributed by atoms with Crippen LogP contribution in [0.4, 0.5) is 5.69 Å². The van der Waals surface area contributed by atoms with Crippen molar-refractivity contribution < 1.29 is 0 Å². The van der Waals surface area contributed by atoms with Gasteiger partial charge in [-0.15, -0.1) is 12.4 Å². The lowest BCUT2D eigenvalue weighted by Gasteiger charge is -2.08. The summed E-state index contributed by atoms with van der Waals surface area (Å²) in [7, 11) is 0. The average Bonchev–Trinajstić information content (AvgIpc) is 3.00. The first kappa shape index (κ1) is 14.4. The van der Waals surface area contributed by atoms with E-state index in [0.717, 1.165) is 23.1 Å². The van der Waals surface area contributed by atoms with Crippen LogP contribution >= 0.6 is 12.4 Å². The van der Waals surface area contributed by atoms with E-state index in [-0.39, 0.29) is 12.4 Å². The number of aromatic nitrogens is 2. The summed E-state index contributed by atoms with van der Waals surface area (Å²) in [5.74, 6) is 0. The van der Waals surface area contributed by atoms with Crippen molar-refractivity contribution in [2.75, 3.05) is 5.32 Å². The summed E-state index contributed by atoms with van der Waals surface area (Å²) in [6.45, 7) is 0.814. The molecule has 1 heterocycles. The van der Waals surface area contributed by atoms with E-state index in [1.807, 2.05) is 12.3 Å². The molecular formula is C18H16ClN3. The third kappa shape index (κ3) is 2.76. The topological polar surface area (TPSA) is 40.7 Å². The van der Waals surface area contributed by atoms with E-state index in [4.69, 9.17) is 0 Å². The number of hydrogen-bond acceptors (Lipinski definition) is 2. The molecule has 4 aromatic rings.